The maximum absolute atomic E-state index is 12.9. The summed E-state index contributed by atoms with van der Waals surface area (Å²) >= 11 is 0. The predicted octanol–water partition coefficient (Wildman–Crippen LogP) is 3.50. The zero-order chi connectivity index (χ0) is 21.9. The fourth-order valence-electron chi connectivity index (χ4n) is 4.84. The first-order valence-corrected chi connectivity index (χ1v) is 11.8. The van der Waals surface area contributed by atoms with Crippen LogP contribution in [0.25, 0.3) is 5.65 Å². The van der Waals surface area contributed by atoms with Gasteiger partial charge in [0.25, 0.3) is 0 Å². The number of amides is 1. The van der Waals surface area contributed by atoms with E-state index in [2.05, 4.69) is 56.5 Å². The molecule has 0 spiro atoms. The van der Waals surface area contributed by atoms with Gasteiger partial charge in [-0.3, -0.25) is 9.20 Å². The van der Waals surface area contributed by atoms with E-state index in [1.807, 2.05) is 28.8 Å². The van der Waals surface area contributed by atoms with Crippen LogP contribution in [-0.2, 0) is 11.3 Å². The predicted molar refractivity (Wildman–Crippen MR) is 127 cm³/mol. The summed E-state index contributed by atoms with van der Waals surface area (Å²) in [5.41, 5.74) is 3.26. The molecule has 32 heavy (non-hydrogen) atoms. The maximum atomic E-state index is 12.9. The summed E-state index contributed by atoms with van der Waals surface area (Å²) in [5, 5.41) is 11.8. The van der Waals surface area contributed by atoms with E-state index in [1.165, 1.54) is 18.5 Å². The summed E-state index contributed by atoms with van der Waals surface area (Å²) in [7, 11) is 0. The number of fused-ring (bicyclic) bond motifs is 1. The summed E-state index contributed by atoms with van der Waals surface area (Å²) in [6, 6.07) is 14.5. The lowest BCUT2D eigenvalue weighted by atomic mass is 9.97. The van der Waals surface area contributed by atoms with Crippen molar-refractivity contribution in [1.82, 2.24) is 19.9 Å². The van der Waals surface area contributed by atoms with Crippen molar-refractivity contribution in [3.8, 4) is 0 Å². The van der Waals surface area contributed by atoms with Crippen molar-refractivity contribution >= 4 is 23.2 Å². The van der Waals surface area contributed by atoms with Crippen molar-refractivity contribution in [1.29, 1.82) is 0 Å². The van der Waals surface area contributed by atoms with Crippen LogP contribution in [0.4, 0.5) is 11.6 Å². The maximum Gasteiger partial charge on any atom is 0.231 e. The number of nitrogens with zero attached hydrogens (tertiary/aromatic N) is 5. The molecule has 2 aliphatic heterocycles. The third kappa shape index (κ3) is 4.42. The Morgan fingerprint density at radius 2 is 1.81 bits per heavy atom. The first-order chi connectivity index (χ1) is 15.7. The van der Waals surface area contributed by atoms with Crippen molar-refractivity contribution in [2.45, 2.75) is 39.2 Å². The lowest BCUT2D eigenvalue weighted by Gasteiger charge is -2.32. The Labute approximate surface area is 189 Å². The van der Waals surface area contributed by atoms with Gasteiger partial charge < -0.3 is 15.1 Å². The molecule has 2 fully saturated rings. The Morgan fingerprint density at radius 1 is 1.00 bits per heavy atom. The number of carbonyl (C=O) groups is 1. The number of benzene rings is 1. The largest absolute Gasteiger partial charge is 0.372 e. The molecule has 2 aliphatic rings. The third-order valence-electron chi connectivity index (χ3n) is 6.92. The summed E-state index contributed by atoms with van der Waals surface area (Å²) < 4.78 is 1.99. The van der Waals surface area contributed by atoms with Crippen molar-refractivity contribution in [3.63, 3.8) is 0 Å². The van der Waals surface area contributed by atoms with Crippen LogP contribution in [0.3, 0.4) is 0 Å². The number of aromatic nitrogens is 3. The molecule has 0 aliphatic carbocycles. The number of nitrogens with one attached hydrogen (secondary N) is 1. The van der Waals surface area contributed by atoms with Crippen LogP contribution in [0.15, 0.2) is 48.7 Å². The van der Waals surface area contributed by atoms with Crippen molar-refractivity contribution in [2.75, 3.05) is 36.0 Å². The van der Waals surface area contributed by atoms with Crippen LogP contribution in [-0.4, -0.2) is 46.7 Å². The number of carbonyl (C=O) groups excluding carboxylic acids is 1. The van der Waals surface area contributed by atoms with Crippen LogP contribution in [0, 0.1) is 11.8 Å². The smallest absolute Gasteiger partial charge is 0.231 e. The molecule has 7 nitrogen and oxygen atoms in total. The molecule has 2 saturated heterocycles. The fourth-order valence-corrected chi connectivity index (χ4v) is 4.84. The topological polar surface area (TPSA) is 65.8 Å². The zero-order valence-electron chi connectivity index (χ0n) is 18.8. The monoisotopic (exact) mass is 432 g/mol. The molecule has 0 saturated carbocycles. The molecular formula is C25H32N6O. The Morgan fingerprint density at radius 3 is 2.62 bits per heavy atom. The number of hydrogen-bond acceptors (Lipinski definition) is 5. The van der Waals surface area contributed by atoms with E-state index in [0.29, 0.717) is 13.1 Å². The molecule has 5 rings (SSSR count). The molecule has 1 atom stereocenters. The Bertz CT molecular complexity index is 1050. The van der Waals surface area contributed by atoms with Gasteiger partial charge in [-0.25, -0.2) is 0 Å². The molecule has 0 unspecified atom stereocenters. The molecular weight excluding hydrogens is 400 g/mol. The second-order valence-electron chi connectivity index (χ2n) is 9.27. The third-order valence-corrected chi connectivity index (χ3v) is 6.92. The molecule has 168 valence electrons. The standard InChI is InChI=1S/C25H32N6O/c1-19-11-15-29(16-12-19)22-9-7-20(8-10-22)17-26-24(32)21-5-4-13-30(18-21)25-28-27-23-6-2-3-14-31(23)25/h2-3,6-10,14,19,21H,4-5,11-13,15-18H2,1H3,(H,26,32)/t21-/m1/s1. The van der Waals surface area contributed by atoms with Gasteiger partial charge in [0.05, 0.1) is 5.92 Å². The van der Waals surface area contributed by atoms with E-state index < -0.39 is 0 Å². The summed E-state index contributed by atoms with van der Waals surface area (Å²) in [6.45, 7) is 6.75. The van der Waals surface area contributed by atoms with Crippen molar-refractivity contribution < 1.29 is 4.79 Å². The van der Waals surface area contributed by atoms with E-state index >= 15 is 0 Å². The van der Waals surface area contributed by atoms with Crippen LogP contribution >= 0.6 is 0 Å². The van der Waals surface area contributed by atoms with Gasteiger partial charge in [0.2, 0.25) is 11.9 Å². The number of pyridine rings is 1. The highest BCUT2D eigenvalue weighted by Crippen LogP contribution is 2.24. The van der Waals surface area contributed by atoms with Gasteiger partial charge in [-0.1, -0.05) is 25.1 Å². The van der Waals surface area contributed by atoms with E-state index in [0.717, 1.165) is 55.6 Å². The average Bonchev–Trinajstić information content (AvgIpc) is 3.28. The number of hydrogen-bond donors (Lipinski definition) is 1. The second-order valence-corrected chi connectivity index (χ2v) is 9.27. The normalized spacial score (nSPS) is 20.0. The average molecular weight is 433 g/mol. The van der Waals surface area contributed by atoms with Gasteiger partial charge in [-0.05, 0) is 61.4 Å². The highest BCUT2D eigenvalue weighted by molar-refractivity contribution is 5.79. The summed E-state index contributed by atoms with van der Waals surface area (Å²) in [5.74, 6) is 1.74. The van der Waals surface area contributed by atoms with Gasteiger partial charge in [-0.2, -0.15) is 0 Å². The van der Waals surface area contributed by atoms with Crippen LogP contribution in [0.5, 0.6) is 0 Å². The minimum Gasteiger partial charge on any atom is -0.372 e. The Kier molecular flexibility index (Phi) is 5.97. The van der Waals surface area contributed by atoms with Gasteiger partial charge in [-0.15, -0.1) is 10.2 Å². The molecule has 0 bridgehead atoms. The fraction of sp³-hybridized carbons (Fsp3) is 0.480. The van der Waals surface area contributed by atoms with E-state index in [1.54, 1.807) is 0 Å². The molecule has 4 heterocycles. The van der Waals surface area contributed by atoms with Gasteiger partial charge in [0.15, 0.2) is 5.65 Å². The molecule has 2 aromatic heterocycles. The zero-order valence-corrected chi connectivity index (χ0v) is 18.8. The van der Waals surface area contributed by atoms with Gasteiger partial charge in [0.1, 0.15) is 0 Å². The number of anilines is 2. The number of rotatable bonds is 5. The molecule has 1 aromatic carbocycles. The summed E-state index contributed by atoms with van der Waals surface area (Å²) in [6.07, 6.45) is 6.39. The molecule has 1 amide bonds. The van der Waals surface area contributed by atoms with E-state index in [9.17, 15) is 4.79 Å². The Balaban J connectivity index is 1.16. The number of piperidine rings is 2. The molecule has 7 heteroatoms. The van der Waals surface area contributed by atoms with Crippen molar-refractivity contribution in [3.05, 3.63) is 54.2 Å². The summed E-state index contributed by atoms with van der Waals surface area (Å²) in [4.78, 5) is 17.6. The lowest BCUT2D eigenvalue weighted by molar-refractivity contribution is -0.125. The van der Waals surface area contributed by atoms with E-state index in [-0.39, 0.29) is 11.8 Å². The van der Waals surface area contributed by atoms with Crippen LogP contribution in [0.1, 0.15) is 38.2 Å². The van der Waals surface area contributed by atoms with Gasteiger partial charge in [0, 0.05) is 44.6 Å². The minimum absolute atomic E-state index is 0.0329. The highest BCUT2D eigenvalue weighted by atomic mass is 16.1. The van der Waals surface area contributed by atoms with Gasteiger partial charge >= 0.3 is 0 Å². The minimum atomic E-state index is -0.0329. The lowest BCUT2D eigenvalue weighted by Crippen LogP contribution is -2.43. The Hall–Kier alpha value is -3.09. The first-order valence-electron chi connectivity index (χ1n) is 11.8. The highest BCUT2D eigenvalue weighted by Gasteiger charge is 2.28. The second kappa shape index (κ2) is 9.18. The van der Waals surface area contributed by atoms with Crippen LogP contribution < -0.4 is 15.1 Å². The molecule has 0 radical (unpaired) electrons. The first kappa shape index (κ1) is 20.8. The van der Waals surface area contributed by atoms with Crippen LogP contribution in [0.2, 0.25) is 0 Å². The quantitative estimate of drug-likeness (QED) is 0.669. The molecule has 3 aromatic rings. The SMILES string of the molecule is CC1CCN(c2ccc(CNC(=O)[C@@H]3CCCN(c4nnc5ccccn45)C3)cc2)CC1. The van der Waals surface area contributed by atoms with Crippen molar-refractivity contribution in [2.24, 2.45) is 11.8 Å². The molecule has 1 N–H and O–H groups in total. The van der Waals surface area contributed by atoms with E-state index in [4.69, 9.17) is 0 Å².